The number of aromatic nitrogens is 1. The van der Waals surface area contributed by atoms with Gasteiger partial charge in [-0.1, -0.05) is 12.1 Å². The molecule has 0 bridgehead atoms. The van der Waals surface area contributed by atoms with E-state index in [1.165, 1.54) is 5.56 Å². The van der Waals surface area contributed by atoms with Crippen LogP contribution in [0.3, 0.4) is 0 Å². The second kappa shape index (κ2) is 5.46. The Morgan fingerprint density at radius 2 is 2.00 bits per heavy atom. The van der Waals surface area contributed by atoms with Crippen LogP contribution in [-0.4, -0.2) is 12.0 Å². The van der Waals surface area contributed by atoms with Gasteiger partial charge in [0.05, 0.1) is 6.20 Å². The van der Waals surface area contributed by atoms with Crippen molar-refractivity contribution in [2.75, 3.05) is 7.05 Å². The molecule has 0 aliphatic carbocycles. The molecule has 0 saturated carbocycles. The van der Waals surface area contributed by atoms with Gasteiger partial charge in [0.2, 0.25) is 0 Å². The number of rotatable bonds is 4. The van der Waals surface area contributed by atoms with Gasteiger partial charge in [0.15, 0.2) is 0 Å². The molecule has 0 saturated heterocycles. The molecule has 0 aliphatic heterocycles. The molecule has 3 heteroatoms. The largest absolute Gasteiger partial charge is 0.456 e. The molecule has 0 spiro atoms. The lowest BCUT2D eigenvalue weighted by molar-refractivity contribution is 0.478. The molecule has 2 aromatic rings. The van der Waals surface area contributed by atoms with Crippen LogP contribution in [0.25, 0.3) is 0 Å². The van der Waals surface area contributed by atoms with Crippen LogP contribution in [0.15, 0.2) is 48.8 Å². The van der Waals surface area contributed by atoms with E-state index in [2.05, 4.69) is 23.3 Å². The summed E-state index contributed by atoms with van der Waals surface area (Å²) in [6.45, 7) is 2.11. The molecule has 2 rings (SSSR count). The second-order valence-electron chi connectivity index (χ2n) is 3.87. The Bertz CT molecular complexity index is 471. The number of pyridine rings is 1. The number of ether oxygens (including phenoxy) is 1. The maximum atomic E-state index is 5.72. The predicted octanol–water partition coefficient (Wildman–Crippen LogP) is 3.15. The highest BCUT2D eigenvalue weighted by atomic mass is 16.5. The fourth-order valence-electron chi connectivity index (χ4n) is 1.56. The van der Waals surface area contributed by atoms with Crippen molar-refractivity contribution in [2.24, 2.45) is 0 Å². The quantitative estimate of drug-likeness (QED) is 0.872. The standard InChI is InChI=1S/C14H16N2O/c1-11(15-2)12-5-3-6-13(9-12)17-14-7-4-8-16-10-14/h3-11,15H,1-2H3. The molecule has 0 aliphatic rings. The van der Waals surface area contributed by atoms with Gasteiger partial charge in [0.25, 0.3) is 0 Å². The minimum atomic E-state index is 0.312. The molecule has 3 nitrogen and oxygen atoms in total. The maximum Gasteiger partial charge on any atom is 0.145 e. The predicted molar refractivity (Wildman–Crippen MR) is 68.2 cm³/mol. The van der Waals surface area contributed by atoms with Gasteiger partial charge in [-0.05, 0) is 43.8 Å². The first kappa shape index (κ1) is 11.6. The average molecular weight is 228 g/mol. The Kier molecular flexibility index (Phi) is 3.73. The van der Waals surface area contributed by atoms with Gasteiger partial charge in [-0.2, -0.15) is 0 Å². The number of nitrogens with one attached hydrogen (secondary N) is 1. The summed E-state index contributed by atoms with van der Waals surface area (Å²) in [5, 5.41) is 3.20. The van der Waals surface area contributed by atoms with Crippen molar-refractivity contribution < 1.29 is 4.74 Å². The normalized spacial score (nSPS) is 12.1. The molecule has 1 N–H and O–H groups in total. The summed E-state index contributed by atoms with van der Waals surface area (Å²) in [4.78, 5) is 4.02. The van der Waals surface area contributed by atoms with E-state index in [1.807, 2.05) is 37.4 Å². The van der Waals surface area contributed by atoms with Crippen LogP contribution in [0.2, 0.25) is 0 Å². The third kappa shape index (κ3) is 3.04. The van der Waals surface area contributed by atoms with Crippen LogP contribution in [0.5, 0.6) is 11.5 Å². The fourth-order valence-corrected chi connectivity index (χ4v) is 1.56. The zero-order valence-corrected chi connectivity index (χ0v) is 10.1. The van der Waals surface area contributed by atoms with Gasteiger partial charge in [0, 0.05) is 12.2 Å². The lowest BCUT2D eigenvalue weighted by Gasteiger charge is -2.12. The van der Waals surface area contributed by atoms with Crippen molar-refractivity contribution in [2.45, 2.75) is 13.0 Å². The molecule has 88 valence electrons. The topological polar surface area (TPSA) is 34.1 Å². The summed E-state index contributed by atoms with van der Waals surface area (Å²) >= 11 is 0. The minimum Gasteiger partial charge on any atom is -0.456 e. The fraction of sp³-hybridized carbons (Fsp3) is 0.214. The van der Waals surface area contributed by atoms with Gasteiger partial charge >= 0.3 is 0 Å². The Morgan fingerprint density at radius 3 is 2.71 bits per heavy atom. The summed E-state index contributed by atoms with van der Waals surface area (Å²) in [6, 6.07) is 12.1. The van der Waals surface area contributed by atoms with Crippen molar-refractivity contribution in [3.05, 3.63) is 54.4 Å². The summed E-state index contributed by atoms with van der Waals surface area (Å²) in [5.41, 5.74) is 1.20. The van der Waals surface area contributed by atoms with E-state index in [0.717, 1.165) is 11.5 Å². The third-order valence-corrected chi connectivity index (χ3v) is 2.66. The van der Waals surface area contributed by atoms with E-state index in [1.54, 1.807) is 12.4 Å². The Hall–Kier alpha value is -1.87. The van der Waals surface area contributed by atoms with Gasteiger partial charge in [0.1, 0.15) is 11.5 Å². The highest BCUT2D eigenvalue weighted by molar-refractivity contribution is 5.33. The van der Waals surface area contributed by atoms with Crippen LogP contribution in [-0.2, 0) is 0 Å². The molecule has 1 aromatic heterocycles. The first-order valence-electron chi connectivity index (χ1n) is 5.64. The third-order valence-electron chi connectivity index (χ3n) is 2.66. The number of hydrogen-bond acceptors (Lipinski definition) is 3. The lowest BCUT2D eigenvalue weighted by atomic mass is 10.1. The van der Waals surface area contributed by atoms with Crippen LogP contribution < -0.4 is 10.1 Å². The second-order valence-corrected chi connectivity index (χ2v) is 3.87. The highest BCUT2D eigenvalue weighted by Crippen LogP contribution is 2.23. The lowest BCUT2D eigenvalue weighted by Crippen LogP contribution is -2.11. The highest BCUT2D eigenvalue weighted by Gasteiger charge is 2.04. The van der Waals surface area contributed by atoms with E-state index in [4.69, 9.17) is 4.74 Å². The molecule has 1 heterocycles. The summed E-state index contributed by atoms with van der Waals surface area (Å²) in [6.07, 6.45) is 3.43. The van der Waals surface area contributed by atoms with Crippen LogP contribution in [0.1, 0.15) is 18.5 Å². The van der Waals surface area contributed by atoms with Gasteiger partial charge < -0.3 is 10.1 Å². The smallest absolute Gasteiger partial charge is 0.145 e. The molecule has 0 radical (unpaired) electrons. The van der Waals surface area contributed by atoms with Crippen LogP contribution in [0, 0.1) is 0 Å². The number of hydrogen-bond donors (Lipinski definition) is 1. The molecule has 1 atom stereocenters. The summed E-state index contributed by atoms with van der Waals surface area (Å²) < 4.78 is 5.72. The van der Waals surface area contributed by atoms with E-state index in [9.17, 15) is 0 Å². The molecule has 17 heavy (non-hydrogen) atoms. The summed E-state index contributed by atoms with van der Waals surface area (Å²) in [7, 11) is 1.94. The molecule has 0 amide bonds. The van der Waals surface area contributed by atoms with Crippen molar-refractivity contribution in [3.63, 3.8) is 0 Å². The van der Waals surface area contributed by atoms with E-state index < -0.39 is 0 Å². The van der Waals surface area contributed by atoms with Crippen molar-refractivity contribution >= 4 is 0 Å². The van der Waals surface area contributed by atoms with E-state index in [-0.39, 0.29) is 0 Å². The molecule has 0 fully saturated rings. The van der Waals surface area contributed by atoms with Crippen LogP contribution in [0.4, 0.5) is 0 Å². The Morgan fingerprint density at radius 1 is 1.18 bits per heavy atom. The van der Waals surface area contributed by atoms with Crippen molar-refractivity contribution in [3.8, 4) is 11.5 Å². The van der Waals surface area contributed by atoms with Gasteiger partial charge in [-0.25, -0.2) is 0 Å². The molecular weight excluding hydrogens is 212 g/mol. The molecular formula is C14H16N2O. The zero-order chi connectivity index (χ0) is 12.1. The van der Waals surface area contributed by atoms with Gasteiger partial charge in [-0.15, -0.1) is 0 Å². The zero-order valence-electron chi connectivity index (χ0n) is 10.1. The summed E-state index contributed by atoms with van der Waals surface area (Å²) in [5.74, 6) is 1.58. The van der Waals surface area contributed by atoms with E-state index in [0.29, 0.717) is 6.04 Å². The maximum absolute atomic E-state index is 5.72. The molecule has 1 aromatic carbocycles. The number of benzene rings is 1. The first-order chi connectivity index (χ1) is 8.29. The molecule has 1 unspecified atom stereocenters. The monoisotopic (exact) mass is 228 g/mol. The Labute approximate surface area is 101 Å². The van der Waals surface area contributed by atoms with Gasteiger partial charge in [-0.3, -0.25) is 4.98 Å². The first-order valence-corrected chi connectivity index (χ1v) is 5.64. The van der Waals surface area contributed by atoms with Crippen LogP contribution >= 0.6 is 0 Å². The Balaban J connectivity index is 2.17. The van der Waals surface area contributed by atoms with Crippen molar-refractivity contribution in [1.29, 1.82) is 0 Å². The SMILES string of the molecule is CNC(C)c1cccc(Oc2cccnc2)c1. The average Bonchev–Trinajstić information content (AvgIpc) is 2.39. The minimum absolute atomic E-state index is 0.312. The number of nitrogens with zero attached hydrogens (tertiary/aromatic N) is 1. The van der Waals surface area contributed by atoms with Crippen molar-refractivity contribution in [1.82, 2.24) is 10.3 Å². The van der Waals surface area contributed by atoms with E-state index >= 15 is 0 Å².